The summed E-state index contributed by atoms with van der Waals surface area (Å²) in [6.45, 7) is 3.21. The Labute approximate surface area is 163 Å². The molecule has 3 N–H and O–H groups in total. The maximum absolute atomic E-state index is 12.9. The van der Waals surface area contributed by atoms with Crippen LogP contribution in [0.25, 0.3) is 0 Å². The zero-order valence-electron chi connectivity index (χ0n) is 15.5. The van der Waals surface area contributed by atoms with E-state index in [1.165, 1.54) is 25.1 Å². The van der Waals surface area contributed by atoms with Crippen LogP contribution in [-0.4, -0.2) is 38.0 Å². The Morgan fingerprint density at radius 1 is 1.14 bits per heavy atom. The van der Waals surface area contributed by atoms with E-state index in [4.69, 9.17) is 4.74 Å². The first-order valence-corrected chi connectivity index (χ1v) is 10.0. The zero-order chi connectivity index (χ0) is 20.7. The molecule has 2 rings (SSSR count). The third-order valence-electron chi connectivity index (χ3n) is 3.73. The van der Waals surface area contributed by atoms with Crippen molar-refractivity contribution in [2.45, 2.75) is 31.2 Å². The van der Waals surface area contributed by atoms with Gasteiger partial charge in [0.05, 0.1) is 6.61 Å². The van der Waals surface area contributed by atoms with E-state index in [-0.39, 0.29) is 35.3 Å². The number of carboxylic acids is 1. The zero-order valence-corrected chi connectivity index (χ0v) is 16.3. The van der Waals surface area contributed by atoms with Gasteiger partial charge in [0.15, 0.2) is 0 Å². The van der Waals surface area contributed by atoms with E-state index in [1.807, 2.05) is 0 Å². The second-order valence-electron chi connectivity index (χ2n) is 5.98. The molecule has 0 bridgehead atoms. The fourth-order valence-electron chi connectivity index (χ4n) is 2.55. The number of hydrogen-bond donors (Lipinski definition) is 3. The van der Waals surface area contributed by atoms with Crippen LogP contribution in [0.15, 0.2) is 53.4 Å². The minimum Gasteiger partial charge on any atom is -0.492 e. The number of amides is 1. The molecule has 0 aliphatic rings. The van der Waals surface area contributed by atoms with Crippen molar-refractivity contribution in [2.24, 2.45) is 0 Å². The number of ether oxygens (including phenoxy) is 1. The summed E-state index contributed by atoms with van der Waals surface area (Å²) >= 11 is 0. The molecule has 0 saturated heterocycles. The van der Waals surface area contributed by atoms with Gasteiger partial charge in [-0.2, -0.15) is 4.72 Å². The number of sulfonamides is 1. The second kappa shape index (κ2) is 9.34. The number of nitrogens with one attached hydrogen (secondary N) is 2. The third-order valence-corrected chi connectivity index (χ3v) is 5.22. The molecule has 150 valence electrons. The molecule has 0 saturated carbocycles. The average Bonchev–Trinajstić information content (AvgIpc) is 2.62. The van der Waals surface area contributed by atoms with Crippen LogP contribution in [-0.2, 0) is 26.0 Å². The predicted octanol–water partition coefficient (Wildman–Crippen LogP) is 2.02. The summed E-state index contributed by atoms with van der Waals surface area (Å²) in [5.41, 5.74) is 0.931. The number of anilines is 1. The van der Waals surface area contributed by atoms with Gasteiger partial charge >= 0.3 is 5.97 Å². The van der Waals surface area contributed by atoms with Gasteiger partial charge in [-0.3, -0.25) is 9.59 Å². The summed E-state index contributed by atoms with van der Waals surface area (Å²) in [5.74, 6) is -1.61. The Balaban J connectivity index is 2.37. The minimum absolute atomic E-state index is 0.0231. The van der Waals surface area contributed by atoms with Gasteiger partial charge < -0.3 is 15.2 Å². The van der Waals surface area contributed by atoms with Crippen molar-refractivity contribution < 1.29 is 27.9 Å². The summed E-state index contributed by atoms with van der Waals surface area (Å²) in [5, 5.41) is 12.0. The molecule has 28 heavy (non-hydrogen) atoms. The van der Waals surface area contributed by atoms with Crippen LogP contribution >= 0.6 is 0 Å². The van der Waals surface area contributed by atoms with Gasteiger partial charge in [-0.15, -0.1) is 0 Å². The van der Waals surface area contributed by atoms with Crippen molar-refractivity contribution in [3.8, 4) is 5.75 Å². The summed E-state index contributed by atoms with van der Waals surface area (Å²) in [6, 6.07) is 11.5. The summed E-state index contributed by atoms with van der Waals surface area (Å²) in [4.78, 5) is 22.6. The first-order chi connectivity index (χ1) is 13.2. The molecule has 9 heteroatoms. The Kier molecular flexibility index (Phi) is 7.13. The van der Waals surface area contributed by atoms with E-state index >= 15 is 0 Å². The molecule has 1 unspecified atom stereocenters. The molecule has 0 aromatic heterocycles. The fourth-order valence-corrected chi connectivity index (χ4v) is 3.91. The first kappa shape index (κ1) is 21.4. The molecule has 2 aromatic rings. The van der Waals surface area contributed by atoms with Crippen LogP contribution in [0, 0.1) is 0 Å². The van der Waals surface area contributed by atoms with E-state index in [0.29, 0.717) is 5.56 Å². The van der Waals surface area contributed by atoms with E-state index in [1.54, 1.807) is 37.3 Å². The van der Waals surface area contributed by atoms with Crippen LogP contribution in [0.5, 0.6) is 5.75 Å². The molecule has 0 radical (unpaired) electrons. The SMILES string of the molecule is CCOc1ccc(NC(C)=O)cc1S(=O)(=O)NC(Cc1ccccc1)C(=O)O. The Morgan fingerprint density at radius 2 is 1.82 bits per heavy atom. The lowest BCUT2D eigenvalue weighted by Gasteiger charge is -2.17. The quantitative estimate of drug-likeness (QED) is 0.586. The molecule has 0 aliphatic carbocycles. The Hall–Kier alpha value is -2.91. The van der Waals surface area contributed by atoms with Crippen LogP contribution in [0.2, 0.25) is 0 Å². The highest BCUT2D eigenvalue weighted by molar-refractivity contribution is 7.89. The maximum Gasteiger partial charge on any atom is 0.322 e. The molecule has 0 heterocycles. The molecule has 1 amide bonds. The molecule has 0 spiro atoms. The highest BCUT2D eigenvalue weighted by Gasteiger charge is 2.28. The number of hydrogen-bond acceptors (Lipinski definition) is 5. The van der Waals surface area contributed by atoms with Gasteiger partial charge in [0.2, 0.25) is 15.9 Å². The third kappa shape index (κ3) is 5.80. The van der Waals surface area contributed by atoms with Gasteiger partial charge in [-0.05, 0) is 37.1 Å². The maximum atomic E-state index is 12.9. The molecular formula is C19H22N2O6S. The van der Waals surface area contributed by atoms with E-state index in [9.17, 15) is 23.1 Å². The van der Waals surface area contributed by atoms with Crippen LogP contribution in [0.4, 0.5) is 5.69 Å². The minimum atomic E-state index is -4.24. The second-order valence-corrected chi connectivity index (χ2v) is 7.66. The van der Waals surface area contributed by atoms with Crippen molar-refractivity contribution in [1.29, 1.82) is 0 Å². The topological polar surface area (TPSA) is 122 Å². The molecular weight excluding hydrogens is 384 g/mol. The molecule has 8 nitrogen and oxygen atoms in total. The van der Waals surface area contributed by atoms with Crippen molar-refractivity contribution in [1.82, 2.24) is 4.72 Å². The largest absolute Gasteiger partial charge is 0.492 e. The molecule has 0 aliphatic heterocycles. The van der Waals surface area contributed by atoms with Crippen molar-refractivity contribution >= 4 is 27.6 Å². The Bertz CT molecular complexity index is 944. The monoisotopic (exact) mass is 406 g/mol. The number of carbonyl (C=O) groups excluding carboxylic acids is 1. The van der Waals surface area contributed by atoms with Gasteiger partial charge in [0.1, 0.15) is 16.7 Å². The smallest absolute Gasteiger partial charge is 0.322 e. The van der Waals surface area contributed by atoms with Gasteiger partial charge in [-0.1, -0.05) is 30.3 Å². The van der Waals surface area contributed by atoms with Crippen LogP contribution in [0.3, 0.4) is 0 Å². The number of rotatable bonds is 9. The standard InChI is InChI=1S/C19H22N2O6S/c1-3-27-17-10-9-15(20-13(2)22)12-18(17)28(25,26)21-16(19(23)24)11-14-7-5-4-6-8-14/h4-10,12,16,21H,3,11H2,1-2H3,(H,20,22)(H,23,24). The van der Waals surface area contributed by atoms with Gasteiger partial charge in [-0.25, -0.2) is 8.42 Å². The normalized spacial score (nSPS) is 12.2. The fraction of sp³-hybridized carbons (Fsp3) is 0.263. The Morgan fingerprint density at radius 3 is 2.39 bits per heavy atom. The number of benzene rings is 2. The average molecular weight is 406 g/mol. The first-order valence-electron chi connectivity index (χ1n) is 8.56. The van der Waals surface area contributed by atoms with E-state index in [2.05, 4.69) is 10.0 Å². The van der Waals surface area contributed by atoms with Crippen LogP contribution < -0.4 is 14.8 Å². The lowest BCUT2D eigenvalue weighted by atomic mass is 10.1. The molecule has 1 atom stereocenters. The van der Waals surface area contributed by atoms with Gasteiger partial charge in [0.25, 0.3) is 0 Å². The molecule has 2 aromatic carbocycles. The van der Waals surface area contributed by atoms with Crippen LogP contribution in [0.1, 0.15) is 19.4 Å². The van der Waals surface area contributed by atoms with E-state index < -0.39 is 22.0 Å². The number of carboxylic acid groups (broad SMARTS) is 1. The van der Waals surface area contributed by atoms with E-state index in [0.717, 1.165) is 0 Å². The predicted molar refractivity (Wildman–Crippen MR) is 104 cm³/mol. The lowest BCUT2D eigenvalue weighted by molar-refractivity contribution is -0.138. The summed E-state index contributed by atoms with van der Waals surface area (Å²) in [6.07, 6.45) is -0.0231. The highest BCUT2D eigenvalue weighted by atomic mass is 32.2. The molecule has 0 fully saturated rings. The summed E-state index contributed by atoms with van der Waals surface area (Å²) < 4.78 is 33.4. The number of aliphatic carboxylic acids is 1. The van der Waals surface area contributed by atoms with Gasteiger partial charge in [0, 0.05) is 12.6 Å². The lowest BCUT2D eigenvalue weighted by Crippen LogP contribution is -2.42. The summed E-state index contributed by atoms with van der Waals surface area (Å²) in [7, 11) is -4.24. The highest BCUT2D eigenvalue weighted by Crippen LogP contribution is 2.28. The van der Waals surface area contributed by atoms with Crippen molar-refractivity contribution in [3.05, 3.63) is 54.1 Å². The van der Waals surface area contributed by atoms with Crippen molar-refractivity contribution in [2.75, 3.05) is 11.9 Å². The number of carbonyl (C=O) groups is 2. The van der Waals surface area contributed by atoms with Crippen molar-refractivity contribution in [3.63, 3.8) is 0 Å².